The molecule has 132 valence electrons. The van der Waals surface area contributed by atoms with Crippen LogP contribution in [0.4, 0.5) is 0 Å². The molecule has 6 nitrogen and oxygen atoms in total. The molecular formula is C20H16O6. The minimum absolute atomic E-state index is 0.0799. The van der Waals surface area contributed by atoms with Gasteiger partial charge in [-0.25, -0.2) is 4.79 Å². The molecule has 1 heterocycles. The third-order valence-electron chi connectivity index (χ3n) is 4.01. The minimum Gasteiger partial charge on any atom is -0.469 e. The van der Waals surface area contributed by atoms with Crippen molar-refractivity contribution in [3.8, 4) is 11.1 Å². The van der Waals surface area contributed by atoms with E-state index in [0.29, 0.717) is 0 Å². The zero-order chi connectivity index (χ0) is 18.7. The second-order valence-corrected chi connectivity index (χ2v) is 5.56. The van der Waals surface area contributed by atoms with Gasteiger partial charge in [0, 0.05) is 0 Å². The molecule has 0 amide bonds. The first-order chi connectivity index (χ1) is 12.5. The number of hydrogen-bond acceptors (Lipinski definition) is 6. The molecule has 1 aromatic heterocycles. The van der Waals surface area contributed by atoms with Crippen molar-refractivity contribution in [2.75, 3.05) is 14.2 Å². The van der Waals surface area contributed by atoms with Crippen molar-refractivity contribution in [1.29, 1.82) is 0 Å². The van der Waals surface area contributed by atoms with E-state index in [1.807, 2.05) is 30.3 Å². The lowest BCUT2D eigenvalue weighted by Gasteiger charge is -2.09. The molecule has 0 aliphatic rings. The van der Waals surface area contributed by atoms with Crippen LogP contribution in [0.1, 0.15) is 16.1 Å². The highest BCUT2D eigenvalue weighted by molar-refractivity contribution is 5.93. The smallest absolute Gasteiger partial charge is 0.374 e. The van der Waals surface area contributed by atoms with Gasteiger partial charge in [-0.15, -0.1) is 0 Å². The monoisotopic (exact) mass is 352 g/mol. The van der Waals surface area contributed by atoms with Crippen LogP contribution in [0, 0.1) is 0 Å². The highest BCUT2D eigenvalue weighted by Crippen LogP contribution is 2.25. The van der Waals surface area contributed by atoms with Gasteiger partial charge in [-0.1, -0.05) is 36.4 Å². The molecule has 0 atom stereocenters. The summed E-state index contributed by atoms with van der Waals surface area (Å²) in [5, 5.41) is 0.274. The Morgan fingerprint density at radius 1 is 0.962 bits per heavy atom. The van der Waals surface area contributed by atoms with Crippen LogP contribution in [0.15, 0.2) is 57.7 Å². The first kappa shape index (κ1) is 17.4. The third kappa shape index (κ3) is 3.21. The predicted octanol–water partition coefficient (Wildman–Crippen LogP) is 2.96. The number of esters is 2. The first-order valence-corrected chi connectivity index (χ1v) is 7.85. The summed E-state index contributed by atoms with van der Waals surface area (Å²) in [4.78, 5) is 36.5. The van der Waals surface area contributed by atoms with Gasteiger partial charge < -0.3 is 13.9 Å². The fourth-order valence-electron chi connectivity index (χ4n) is 2.68. The summed E-state index contributed by atoms with van der Waals surface area (Å²) < 4.78 is 14.9. The van der Waals surface area contributed by atoms with Crippen LogP contribution < -0.4 is 5.43 Å². The van der Waals surface area contributed by atoms with Crippen LogP contribution in [-0.4, -0.2) is 26.2 Å². The van der Waals surface area contributed by atoms with Gasteiger partial charge in [-0.3, -0.25) is 9.59 Å². The van der Waals surface area contributed by atoms with Crippen molar-refractivity contribution in [2.45, 2.75) is 6.42 Å². The summed E-state index contributed by atoms with van der Waals surface area (Å²) in [7, 11) is 2.38. The molecule has 0 fully saturated rings. The van der Waals surface area contributed by atoms with E-state index in [-0.39, 0.29) is 28.7 Å². The Kier molecular flexibility index (Phi) is 4.84. The zero-order valence-corrected chi connectivity index (χ0v) is 14.3. The lowest BCUT2D eigenvalue weighted by molar-refractivity contribution is -0.139. The van der Waals surface area contributed by atoms with E-state index in [1.165, 1.54) is 14.2 Å². The van der Waals surface area contributed by atoms with Crippen LogP contribution >= 0.6 is 0 Å². The third-order valence-corrected chi connectivity index (χ3v) is 4.01. The van der Waals surface area contributed by atoms with Crippen molar-refractivity contribution in [2.24, 2.45) is 0 Å². The van der Waals surface area contributed by atoms with Gasteiger partial charge in [0.25, 0.3) is 0 Å². The highest BCUT2D eigenvalue weighted by atomic mass is 16.5. The summed E-state index contributed by atoms with van der Waals surface area (Å²) in [5.41, 5.74) is 1.47. The molecule has 0 unspecified atom stereocenters. The lowest BCUT2D eigenvalue weighted by Crippen LogP contribution is -2.20. The second kappa shape index (κ2) is 7.23. The SMILES string of the molecule is COC(=O)Cc1c(C(=O)OC)oc2cc(-c3ccccc3)ccc2c1=O. The van der Waals surface area contributed by atoms with Gasteiger partial charge in [0.15, 0.2) is 5.43 Å². The number of carbonyl (C=O) groups excluding carboxylic acids is 2. The van der Waals surface area contributed by atoms with Gasteiger partial charge in [-0.05, 0) is 23.3 Å². The lowest BCUT2D eigenvalue weighted by atomic mass is 10.0. The van der Waals surface area contributed by atoms with E-state index in [1.54, 1.807) is 18.2 Å². The van der Waals surface area contributed by atoms with Gasteiger partial charge in [0.05, 0.1) is 31.6 Å². The Hall–Kier alpha value is -3.41. The largest absolute Gasteiger partial charge is 0.469 e. The summed E-state index contributed by atoms with van der Waals surface area (Å²) in [6.07, 6.45) is -0.375. The van der Waals surface area contributed by atoms with Gasteiger partial charge in [0.2, 0.25) is 5.76 Å². The average molecular weight is 352 g/mol. The van der Waals surface area contributed by atoms with E-state index < -0.39 is 17.4 Å². The van der Waals surface area contributed by atoms with E-state index in [9.17, 15) is 14.4 Å². The topological polar surface area (TPSA) is 82.8 Å². The molecule has 26 heavy (non-hydrogen) atoms. The van der Waals surface area contributed by atoms with E-state index >= 15 is 0 Å². The molecule has 3 rings (SSSR count). The minimum atomic E-state index is -0.826. The van der Waals surface area contributed by atoms with E-state index in [2.05, 4.69) is 9.47 Å². The summed E-state index contributed by atoms with van der Waals surface area (Å²) in [6.45, 7) is 0. The van der Waals surface area contributed by atoms with Crippen molar-refractivity contribution in [3.05, 3.63) is 70.1 Å². The second-order valence-electron chi connectivity index (χ2n) is 5.56. The van der Waals surface area contributed by atoms with E-state index in [4.69, 9.17) is 4.42 Å². The molecule has 3 aromatic rings. The predicted molar refractivity (Wildman–Crippen MR) is 95.0 cm³/mol. The number of hydrogen-bond donors (Lipinski definition) is 0. The number of rotatable bonds is 4. The van der Waals surface area contributed by atoms with Gasteiger partial charge in [0.1, 0.15) is 5.58 Å². The molecule has 0 saturated carbocycles. The van der Waals surface area contributed by atoms with Crippen molar-refractivity contribution in [3.63, 3.8) is 0 Å². The molecule has 2 aromatic carbocycles. The Balaban J connectivity index is 2.23. The van der Waals surface area contributed by atoms with Crippen LogP contribution in [0.25, 0.3) is 22.1 Å². The summed E-state index contributed by atoms with van der Waals surface area (Å²) >= 11 is 0. The molecule has 0 aliphatic heterocycles. The molecule has 0 spiro atoms. The van der Waals surface area contributed by atoms with Crippen molar-refractivity contribution in [1.82, 2.24) is 0 Å². The molecule has 0 aliphatic carbocycles. The molecular weight excluding hydrogens is 336 g/mol. The number of benzene rings is 2. The summed E-state index contributed by atoms with van der Waals surface area (Å²) in [5.74, 6) is -1.77. The van der Waals surface area contributed by atoms with Gasteiger partial charge in [-0.2, -0.15) is 0 Å². The first-order valence-electron chi connectivity index (χ1n) is 7.85. The Morgan fingerprint density at radius 3 is 2.35 bits per heavy atom. The fraction of sp³-hybridized carbons (Fsp3) is 0.150. The number of methoxy groups -OCH3 is 2. The summed E-state index contributed by atoms with van der Waals surface area (Å²) in [6, 6.07) is 14.6. The molecule has 6 heteroatoms. The fourth-order valence-corrected chi connectivity index (χ4v) is 2.68. The maximum Gasteiger partial charge on any atom is 0.374 e. The Morgan fingerprint density at radius 2 is 1.69 bits per heavy atom. The number of ether oxygens (including phenoxy) is 2. The normalized spacial score (nSPS) is 10.5. The van der Waals surface area contributed by atoms with Crippen LogP contribution in [0.3, 0.4) is 0 Å². The van der Waals surface area contributed by atoms with Crippen LogP contribution in [-0.2, 0) is 20.7 Å². The zero-order valence-electron chi connectivity index (χ0n) is 14.3. The average Bonchev–Trinajstić information content (AvgIpc) is 2.69. The quantitative estimate of drug-likeness (QED) is 0.671. The number of fused-ring (bicyclic) bond motifs is 1. The van der Waals surface area contributed by atoms with Crippen molar-refractivity contribution >= 4 is 22.9 Å². The highest BCUT2D eigenvalue weighted by Gasteiger charge is 2.23. The van der Waals surface area contributed by atoms with Gasteiger partial charge >= 0.3 is 11.9 Å². The molecule has 0 radical (unpaired) electrons. The number of carbonyl (C=O) groups is 2. The molecule has 0 bridgehead atoms. The Labute approximate surface area is 149 Å². The van der Waals surface area contributed by atoms with Crippen LogP contribution in [0.5, 0.6) is 0 Å². The van der Waals surface area contributed by atoms with E-state index in [0.717, 1.165) is 11.1 Å². The van der Waals surface area contributed by atoms with Crippen LogP contribution in [0.2, 0.25) is 0 Å². The maximum atomic E-state index is 12.8. The standard InChI is InChI=1S/C20H16O6/c1-24-17(21)11-15-18(22)14-9-8-13(12-6-4-3-5-7-12)10-16(14)26-19(15)20(23)25-2/h3-10H,11H2,1-2H3. The Bertz CT molecular complexity index is 1030. The van der Waals surface area contributed by atoms with Crippen molar-refractivity contribution < 1.29 is 23.5 Å². The maximum absolute atomic E-state index is 12.8. The molecule has 0 saturated heterocycles. The molecule has 0 N–H and O–H groups in total.